The van der Waals surface area contributed by atoms with Gasteiger partial charge in [0.1, 0.15) is 11.6 Å². The molecule has 144 valence electrons. The number of benzene rings is 2. The van der Waals surface area contributed by atoms with Gasteiger partial charge in [-0.1, -0.05) is 12.1 Å². The highest BCUT2D eigenvalue weighted by molar-refractivity contribution is 5.93. The molecule has 6 nitrogen and oxygen atoms in total. The number of aromatic nitrogens is 1. The molecule has 0 atom stereocenters. The van der Waals surface area contributed by atoms with Gasteiger partial charge in [0.05, 0.1) is 17.4 Å². The second kappa shape index (κ2) is 8.43. The standard InChI is InChI=1S/C20H17F2N3O3/c1-12(26)24-13-6-7-16(22)17(10-13)25-19(27)8-9-20-23-11-18(28-20)14-4-2-3-5-15(14)21/h2-7,10-11H,8-9H2,1H3,(H,24,26)(H,25,27). The zero-order valence-electron chi connectivity index (χ0n) is 15.0. The maximum atomic E-state index is 13.9. The fraction of sp³-hybridized carbons (Fsp3) is 0.150. The van der Waals surface area contributed by atoms with Crippen LogP contribution in [0.25, 0.3) is 11.3 Å². The van der Waals surface area contributed by atoms with Crippen molar-refractivity contribution in [1.82, 2.24) is 4.98 Å². The van der Waals surface area contributed by atoms with Gasteiger partial charge >= 0.3 is 0 Å². The van der Waals surface area contributed by atoms with Crippen molar-refractivity contribution < 1.29 is 22.8 Å². The second-order valence-corrected chi connectivity index (χ2v) is 6.02. The number of anilines is 2. The Hall–Kier alpha value is -3.55. The molecule has 3 aromatic rings. The molecule has 0 saturated carbocycles. The van der Waals surface area contributed by atoms with Crippen LogP contribution in [-0.2, 0) is 16.0 Å². The van der Waals surface area contributed by atoms with E-state index in [2.05, 4.69) is 15.6 Å². The summed E-state index contributed by atoms with van der Waals surface area (Å²) in [5.41, 5.74) is 0.602. The molecule has 0 saturated heterocycles. The zero-order valence-corrected chi connectivity index (χ0v) is 15.0. The maximum absolute atomic E-state index is 13.9. The molecule has 0 aliphatic heterocycles. The number of aryl methyl sites for hydroxylation is 1. The third kappa shape index (κ3) is 4.79. The minimum atomic E-state index is -0.625. The van der Waals surface area contributed by atoms with Gasteiger partial charge in [-0.15, -0.1) is 0 Å². The first-order valence-corrected chi connectivity index (χ1v) is 8.49. The van der Waals surface area contributed by atoms with Crippen LogP contribution in [0, 0.1) is 11.6 Å². The Bertz CT molecular complexity index is 1020. The van der Waals surface area contributed by atoms with Crippen LogP contribution in [-0.4, -0.2) is 16.8 Å². The molecule has 2 amide bonds. The molecule has 0 bridgehead atoms. The molecule has 0 fully saturated rings. The van der Waals surface area contributed by atoms with Crippen molar-refractivity contribution in [3.63, 3.8) is 0 Å². The Labute approximate surface area is 159 Å². The molecule has 2 N–H and O–H groups in total. The number of hydrogen-bond donors (Lipinski definition) is 2. The summed E-state index contributed by atoms with van der Waals surface area (Å²) in [5, 5.41) is 4.96. The van der Waals surface area contributed by atoms with Crippen LogP contribution in [0.5, 0.6) is 0 Å². The normalized spacial score (nSPS) is 10.5. The number of hydrogen-bond acceptors (Lipinski definition) is 4. The molecule has 28 heavy (non-hydrogen) atoms. The summed E-state index contributed by atoms with van der Waals surface area (Å²) < 4.78 is 33.1. The van der Waals surface area contributed by atoms with Crippen LogP contribution >= 0.6 is 0 Å². The van der Waals surface area contributed by atoms with Gasteiger partial charge in [-0.2, -0.15) is 0 Å². The predicted molar refractivity (Wildman–Crippen MR) is 99.6 cm³/mol. The summed E-state index contributed by atoms with van der Waals surface area (Å²) in [6.07, 6.45) is 1.54. The van der Waals surface area contributed by atoms with E-state index in [1.807, 2.05) is 0 Å². The number of amides is 2. The van der Waals surface area contributed by atoms with E-state index in [1.165, 1.54) is 31.3 Å². The lowest BCUT2D eigenvalue weighted by atomic mass is 10.2. The number of halogens is 2. The van der Waals surface area contributed by atoms with Gasteiger partial charge in [-0.25, -0.2) is 13.8 Å². The van der Waals surface area contributed by atoms with Crippen molar-refractivity contribution in [2.75, 3.05) is 10.6 Å². The number of carbonyl (C=O) groups excluding carboxylic acids is 2. The monoisotopic (exact) mass is 385 g/mol. The third-order valence-electron chi connectivity index (χ3n) is 3.82. The summed E-state index contributed by atoms with van der Waals surface area (Å²) in [5.74, 6) is -1.29. The smallest absolute Gasteiger partial charge is 0.224 e. The van der Waals surface area contributed by atoms with Gasteiger partial charge in [0.15, 0.2) is 11.7 Å². The topological polar surface area (TPSA) is 84.2 Å². The SMILES string of the molecule is CC(=O)Nc1ccc(F)c(NC(=O)CCc2ncc(-c3ccccc3F)o2)c1. The molecule has 0 spiro atoms. The van der Waals surface area contributed by atoms with Crippen molar-refractivity contribution in [2.24, 2.45) is 0 Å². The highest BCUT2D eigenvalue weighted by Crippen LogP contribution is 2.24. The molecule has 0 aliphatic carbocycles. The molecule has 8 heteroatoms. The Kier molecular flexibility index (Phi) is 5.78. The summed E-state index contributed by atoms with van der Waals surface area (Å²) in [6.45, 7) is 1.33. The Balaban J connectivity index is 1.61. The first-order chi connectivity index (χ1) is 13.4. The lowest BCUT2D eigenvalue weighted by Crippen LogP contribution is -2.14. The van der Waals surface area contributed by atoms with Crippen LogP contribution in [0.1, 0.15) is 19.2 Å². The molecule has 3 rings (SSSR count). The Morgan fingerprint density at radius 2 is 1.86 bits per heavy atom. The van der Waals surface area contributed by atoms with Gasteiger partial charge < -0.3 is 15.1 Å². The predicted octanol–water partition coefficient (Wildman–Crippen LogP) is 4.15. The first-order valence-electron chi connectivity index (χ1n) is 8.49. The zero-order chi connectivity index (χ0) is 20.1. The Morgan fingerprint density at radius 3 is 2.61 bits per heavy atom. The average Bonchev–Trinajstić information content (AvgIpc) is 3.11. The molecule has 1 heterocycles. The molecule has 0 unspecified atom stereocenters. The largest absolute Gasteiger partial charge is 0.441 e. The summed E-state index contributed by atoms with van der Waals surface area (Å²) in [6, 6.07) is 10.00. The molecule has 0 radical (unpaired) electrons. The number of nitrogens with one attached hydrogen (secondary N) is 2. The lowest BCUT2D eigenvalue weighted by Gasteiger charge is -2.08. The minimum Gasteiger partial charge on any atom is -0.441 e. The van der Waals surface area contributed by atoms with E-state index < -0.39 is 17.5 Å². The van der Waals surface area contributed by atoms with Crippen LogP contribution in [0.3, 0.4) is 0 Å². The highest BCUT2D eigenvalue weighted by Gasteiger charge is 2.13. The lowest BCUT2D eigenvalue weighted by molar-refractivity contribution is -0.116. The highest BCUT2D eigenvalue weighted by atomic mass is 19.1. The van der Waals surface area contributed by atoms with Gasteiger partial charge in [-0.3, -0.25) is 9.59 Å². The number of rotatable bonds is 6. The van der Waals surface area contributed by atoms with Crippen molar-refractivity contribution >= 4 is 23.2 Å². The van der Waals surface area contributed by atoms with E-state index in [0.29, 0.717) is 5.69 Å². The van der Waals surface area contributed by atoms with E-state index in [-0.39, 0.29) is 41.7 Å². The van der Waals surface area contributed by atoms with Crippen molar-refractivity contribution in [3.8, 4) is 11.3 Å². The van der Waals surface area contributed by atoms with Gasteiger partial charge in [0.2, 0.25) is 11.8 Å². The van der Waals surface area contributed by atoms with E-state index in [9.17, 15) is 18.4 Å². The minimum absolute atomic E-state index is 0.0129. The molecule has 0 aliphatic rings. The van der Waals surface area contributed by atoms with E-state index in [1.54, 1.807) is 18.2 Å². The van der Waals surface area contributed by atoms with Crippen molar-refractivity contribution in [3.05, 3.63) is 66.2 Å². The van der Waals surface area contributed by atoms with Crippen LogP contribution < -0.4 is 10.6 Å². The van der Waals surface area contributed by atoms with E-state index >= 15 is 0 Å². The molecule has 2 aromatic carbocycles. The van der Waals surface area contributed by atoms with Crippen molar-refractivity contribution in [2.45, 2.75) is 19.8 Å². The molecular weight excluding hydrogens is 368 g/mol. The van der Waals surface area contributed by atoms with Crippen LogP contribution in [0.2, 0.25) is 0 Å². The quantitative estimate of drug-likeness (QED) is 0.668. The van der Waals surface area contributed by atoms with Gasteiger partial charge in [0.25, 0.3) is 0 Å². The fourth-order valence-corrected chi connectivity index (χ4v) is 2.55. The van der Waals surface area contributed by atoms with Crippen LogP contribution in [0.15, 0.2) is 53.1 Å². The van der Waals surface area contributed by atoms with E-state index in [4.69, 9.17) is 4.42 Å². The van der Waals surface area contributed by atoms with Gasteiger partial charge in [0, 0.05) is 25.5 Å². The summed E-state index contributed by atoms with van der Waals surface area (Å²) >= 11 is 0. The average molecular weight is 385 g/mol. The van der Waals surface area contributed by atoms with Crippen molar-refractivity contribution in [1.29, 1.82) is 0 Å². The summed E-state index contributed by atoms with van der Waals surface area (Å²) in [7, 11) is 0. The number of nitrogens with zero attached hydrogens (tertiary/aromatic N) is 1. The second-order valence-electron chi connectivity index (χ2n) is 6.02. The summed E-state index contributed by atoms with van der Waals surface area (Å²) in [4.78, 5) is 27.2. The fourth-order valence-electron chi connectivity index (χ4n) is 2.55. The Morgan fingerprint density at radius 1 is 1.07 bits per heavy atom. The maximum Gasteiger partial charge on any atom is 0.224 e. The van der Waals surface area contributed by atoms with E-state index in [0.717, 1.165) is 6.07 Å². The molecular formula is C20H17F2N3O3. The molecule has 1 aromatic heterocycles. The number of carbonyl (C=O) groups is 2. The first kappa shape index (κ1) is 19.2. The van der Waals surface area contributed by atoms with Crippen LogP contribution in [0.4, 0.5) is 20.2 Å². The van der Waals surface area contributed by atoms with Gasteiger partial charge in [-0.05, 0) is 30.3 Å². The third-order valence-corrected chi connectivity index (χ3v) is 3.82. The number of oxazole rings is 1.